The van der Waals surface area contributed by atoms with Gasteiger partial charge in [0.25, 0.3) is 0 Å². The molecule has 0 aromatic heterocycles. The van der Waals surface area contributed by atoms with E-state index < -0.39 is 59.8 Å². The van der Waals surface area contributed by atoms with Crippen LogP contribution in [0.5, 0.6) is 0 Å². The van der Waals surface area contributed by atoms with Crippen molar-refractivity contribution in [2.45, 2.75) is 166 Å². The first-order chi connectivity index (χ1) is 30.1. The van der Waals surface area contributed by atoms with Crippen molar-refractivity contribution < 1.29 is 56.2 Å². The van der Waals surface area contributed by atoms with Crippen LogP contribution in [0.2, 0.25) is 0 Å². The van der Waals surface area contributed by atoms with Crippen molar-refractivity contribution in [3.63, 3.8) is 0 Å². The topological polar surface area (TPSA) is 178 Å². The van der Waals surface area contributed by atoms with Gasteiger partial charge in [0.1, 0.15) is 30.5 Å². The highest BCUT2D eigenvalue weighted by molar-refractivity contribution is 7.80. The minimum Gasteiger partial charge on any atom is -0.457 e. The van der Waals surface area contributed by atoms with Gasteiger partial charge in [0.05, 0.1) is 19.8 Å². The van der Waals surface area contributed by atoms with E-state index in [0.717, 1.165) is 103 Å². The normalized spacial score (nSPS) is 21.0. The molecule has 6 unspecified atom stereocenters. The quantitative estimate of drug-likeness (QED) is 0.0201. The summed E-state index contributed by atoms with van der Waals surface area (Å²) in [4.78, 5) is 12.8. The summed E-state index contributed by atoms with van der Waals surface area (Å²) in [5.74, 6) is -0.491. The van der Waals surface area contributed by atoms with E-state index in [1.54, 1.807) is 0 Å². The summed E-state index contributed by atoms with van der Waals surface area (Å²) >= 11 is 0. The van der Waals surface area contributed by atoms with Crippen molar-refractivity contribution in [2.75, 3.05) is 26.4 Å². The zero-order valence-corrected chi connectivity index (χ0v) is 38.2. The Hall–Kier alpha value is -3.24. The number of aliphatic hydroxyl groups excluding tert-OH is 3. The number of aliphatic hydroxyl groups is 3. The van der Waals surface area contributed by atoms with E-state index in [9.17, 15) is 28.5 Å². The number of carbonyl (C=O) groups is 1. The summed E-state index contributed by atoms with van der Waals surface area (Å²) in [6, 6.07) is 0. The highest BCUT2D eigenvalue weighted by Gasteiger charge is 2.48. The standard InChI is InChI=1S/C49H78O12S/c1-3-5-7-9-11-13-15-17-19-21-22-23-24-26-28-30-32-34-36-38-45(51)59-43(42-58-49-47(53)48(61-62(54,55)56)46(52)44(40-50)60-49)41-57-39-37-35-33-31-29-27-25-20-18-16-14-12-10-8-6-4-2/h5-8,11-14,17-20,22-23,26,28,32,34,43-44,46-50,52-53H,3-4,9-10,15-16,21,24-25,27,29-31,33,35-42H2,1-2H3,(H,54,55,56)/b7-5-,8-6-,13-11-,14-12-,19-17-,20-18-,23-22-,28-26-,34-32-. The van der Waals surface area contributed by atoms with Gasteiger partial charge in [-0.25, -0.2) is 4.18 Å². The summed E-state index contributed by atoms with van der Waals surface area (Å²) in [6.07, 6.45) is 45.6. The van der Waals surface area contributed by atoms with Gasteiger partial charge in [0, 0.05) is 13.0 Å². The van der Waals surface area contributed by atoms with Gasteiger partial charge in [-0.15, -0.1) is 0 Å². The van der Waals surface area contributed by atoms with Gasteiger partial charge >= 0.3 is 16.4 Å². The fourth-order valence-electron chi connectivity index (χ4n) is 6.06. The number of allylic oxidation sites excluding steroid dienone is 18. The van der Waals surface area contributed by atoms with Crippen molar-refractivity contribution in [2.24, 2.45) is 0 Å². The lowest BCUT2D eigenvalue weighted by Crippen LogP contribution is -2.60. The van der Waals surface area contributed by atoms with Crippen LogP contribution in [0.25, 0.3) is 0 Å². The van der Waals surface area contributed by atoms with Crippen LogP contribution in [0, 0.1) is 0 Å². The lowest BCUT2D eigenvalue weighted by molar-refractivity contribution is -0.301. The molecule has 0 amide bonds. The number of ether oxygens (including phenoxy) is 4. The highest BCUT2D eigenvalue weighted by atomic mass is 32.3. The lowest BCUT2D eigenvalue weighted by Gasteiger charge is -2.41. The molecule has 352 valence electrons. The van der Waals surface area contributed by atoms with Gasteiger partial charge in [-0.2, -0.15) is 8.42 Å². The molecule has 0 aromatic rings. The molecule has 1 aliphatic rings. The molecule has 62 heavy (non-hydrogen) atoms. The summed E-state index contributed by atoms with van der Waals surface area (Å²) in [5, 5.41) is 30.7. The Kier molecular flexibility index (Phi) is 36.0. The van der Waals surface area contributed by atoms with E-state index in [1.165, 1.54) is 0 Å². The molecule has 0 radical (unpaired) electrons. The third kappa shape index (κ3) is 32.4. The van der Waals surface area contributed by atoms with E-state index in [0.29, 0.717) is 13.0 Å². The molecule has 0 saturated carbocycles. The van der Waals surface area contributed by atoms with Gasteiger partial charge in [0.15, 0.2) is 6.29 Å². The number of unbranched alkanes of at least 4 members (excludes halogenated alkanes) is 6. The van der Waals surface area contributed by atoms with Crippen molar-refractivity contribution in [3.05, 3.63) is 109 Å². The van der Waals surface area contributed by atoms with Crippen LogP contribution in [0.4, 0.5) is 0 Å². The molecule has 13 heteroatoms. The lowest BCUT2D eigenvalue weighted by atomic mass is 9.99. The first-order valence-electron chi connectivity index (χ1n) is 22.6. The molecule has 1 rings (SSSR count). The minimum atomic E-state index is -5.08. The fourth-order valence-corrected chi connectivity index (χ4v) is 6.57. The maximum atomic E-state index is 12.8. The van der Waals surface area contributed by atoms with Crippen molar-refractivity contribution in [3.8, 4) is 0 Å². The number of carbonyl (C=O) groups excluding carboxylic acids is 1. The van der Waals surface area contributed by atoms with Crippen LogP contribution < -0.4 is 0 Å². The SMILES string of the molecule is CC/C=C\C/C=C\C/C=C\C/C=C\C/C=C\C/C=C\CCC(=O)OC(COCCCCCCCC/C=C\C/C=C\C/C=C\CC)COC1OC(CO)C(O)C(OS(=O)(=O)O)C1O. The predicted molar refractivity (Wildman–Crippen MR) is 248 cm³/mol. The Labute approximate surface area is 373 Å². The maximum Gasteiger partial charge on any atom is 0.397 e. The Morgan fingerprint density at radius 3 is 1.55 bits per heavy atom. The minimum absolute atomic E-state index is 0.0115. The maximum absolute atomic E-state index is 12.8. The van der Waals surface area contributed by atoms with Crippen molar-refractivity contribution in [1.29, 1.82) is 0 Å². The van der Waals surface area contributed by atoms with Crippen LogP contribution in [-0.2, 0) is 38.3 Å². The van der Waals surface area contributed by atoms with Gasteiger partial charge in [0.2, 0.25) is 0 Å². The second kappa shape index (κ2) is 39.4. The molecule has 12 nitrogen and oxygen atoms in total. The average molecular weight is 891 g/mol. The number of rotatable bonds is 37. The van der Waals surface area contributed by atoms with Crippen LogP contribution in [-0.4, -0.2) is 97.5 Å². The number of hydrogen-bond donors (Lipinski definition) is 4. The van der Waals surface area contributed by atoms with Gasteiger partial charge in [-0.1, -0.05) is 149 Å². The highest BCUT2D eigenvalue weighted by Crippen LogP contribution is 2.26. The van der Waals surface area contributed by atoms with E-state index in [1.807, 2.05) is 12.2 Å². The van der Waals surface area contributed by atoms with E-state index in [2.05, 4.69) is 115 Å². The molecular formula is C49H78O12S. The molecule has 1 heterocycles. The van der Waals surface area contributed by atoms with Crippen molar-refractivity contribution in [1.82, 2.24) is 0 Å². The Morgan fingerprint density at radius 2 is 1.06 bits per heavy atom. The largest absolute Gasteiger partial charge is 0.457 e. The fraction of sp³-hybridized carbons (Fsp3) is 0.612. The zero-order chi connectivity index (χ0) is 45.4. The van der Waals surface area contributed by atoms with Crippen LogP contribution >= 0.6 is 0 Å². The molecule has 0 bridgehead atoms. The Balaban J connectivity index is 2.51. The first kappa shape index (κ1) is 56.8. The molecule has 0 aromatic carbocycles. The Morgan fingerprint density at radius 1 is 0.613 bits per heavy atom. The van der Waals surface area contributed by atoms with Crippen LogP contribution in [0.15, 0.2) is 109 Å². The molecule has 4 N–H and O–H groups in total. The summed E-state index contributed by atoms with van der Waals surface area (Å²) < 4.78 is 58.9. The molecular weight excluding hydrogens is 813 g/mol. The third-order valence-corrected chi connectivity index (χ3v) is 9.87. The summed E-state index contributed by atoms with van der Waals surface area (Å²) in [7, 11) is -5.08. The van der Waals surface area contributed by atoms with E-state index in [-0.39, 0.29) is 19.6 Å². The summed E-state index contributed by atoms with van der Waals surface area (Å²) in [5.41, 5.74) is 0. The predicted octanol–water partition coefficient (Wildman–Crippen LogP) is 9.63. The third-order valence-electron chi connectivity index (χ3n) is 9.40. The zero-order valence-electron chi connectivity index (χ0n) is 37.4. The molecule has 0 spiro atoms. The average Bonchev–Trinajstić information content (AvgIpc) is 3.24. The molecule has 0 aliphatic carbocycles. The number of esters is 1. The number of hydrogen-bond acceptors (Lipinski definition) is 11. The second-order valence-electron chi connectivity index (χ2n) is 14.9. The van der Waals surface area contributed by atoms with Gasteiger partial charge in [-0.05, 0) is 83.5 Å². The van der Waals surface area contributed by atoms with Gasteiger partial charge < -0.3 is 34.3 Å². The van der Waals surface area contributed by atoms with E-state index in [4.69, 9.17) is 23.5 Å². The van der Waals surface area contributed by atoms with Crippen molar-refractivity contribution >= 4 is 16.4 Å². The molecule has 6 atom stereocenters. The Bertz CT molecular complexity index is 1490. The van der Waals surface area contributed by atoms with Crippen LogP contribution in [0.3, 0.4) is 0 Å². The first-order valence-corrected chi connectivity index (χ1v) is 24.0. The van der Waals surface area contributed by atoms with Crippen LogP contribution in [0.1, 0.15) is 129 Å². The smallest absolute Gasteiger partial charge is 0.397 e. The van der Waals surface area contributed by atoms with Gasteiger partial charge in [-0.3, -0.25) is 9.35 Å². The van der Waals surface area contributed by atoms with E-state index >= 15 is 0 Å². The molecule has 1 fully saturated rings. The second-order valence-corrected chi connectivity index (χ2v) is 15.9. The molecule has 1 saturated heterocycles. The molecule has 1 aliphatic heterocycles. The monoisotopic (exact) mass is 891 g/mol. The summed E-state index contributed by atoms with van der Waals surface area (Å²) in [6.45, 7) is 3.61.